The number of hydrogen-bond acceptors (Lipinski definition) is 3. The van der Waals surface area contributed by atoms with Gasteiger partial charge in [-0.05, 0) is 64.2 Å². The maximum atomic E-state index is 12.3. The lowest BCUT2D eigenvalue weighted by molar-refractivity contribution is -0.123. The Kier molecular flexibility index (Phi) is 37.5. The standard InChI is InChI=1S/C44H77NO3/c1-3-5-7-9-11-13-14-15-16-17-18-19-20-21-22-23-24-25-26-27-28-29-30-32-34-36-38-40-44(48)45-42(41-46)43(47)39-37-35-33-31-12-10-8-6-4-2/h5,7,11,13,15-16,18-19,21-22,37,39,42-43,46-47H,3-4,6,8-10,12,14,17,20,23-36,38,40-41H2,1-2H3,(H,45,48)/b7-5-,13-11-,16-15-,19-18-,22-21-,39-37+. The molecule has 0 aliphatic carbocycles. The summed E-state index contributed by atoms with van der Waals surface area (Å²) in [5.41, 5.74) is 0. The monoisotopic (exact) mass is 668 g/mol. The molecule has 2 atom stereocenters. The quantitative estimate of drug-likeness (QED) is 0.0465. The van der Waals surface area contributed by atoms with Gasteiger partial charge in [-0.3, -0.25) is 4.79 Å². The van der Waals surface area contributed by atoms with Crippen LogP contribution in [0.2, 0.25) is 0 Å². The molecule has 0 spiro atoms. The molecule has 0 aromatic carbocycles. The first kappa shape index (κ1) is 45.8. The molecule has 0 aromatic rings. The number of allylic oxidation sites excluding steroid dienone is 11. The molecule has 2 unspecified atom stereocenters. The van der Waals surface area contributed by atoms with E-state index in [1.807, 2.05) is 6.08 Å². The van der Waals surface area contributed by atoms with Gasteiger partial charge in [0.1, 0.15) is 0 Å². The molecule has 48 heavy (non-hydrogen) atoms. The molecule has 4 heteroatoms. The van der Waals surface area contributed by atoms with Gasteiger partial charge >= 0.3 is 0 Å². The van der Waals surface area contributed by atoms with Crippen LogP contribution in [0.25, 0.3) is 0 Å². The maximum Gasteiger partial charge on any atom is 0.220 e. The van der Waals surface area contributed by atoms with E-state index in [2.05, 4.69) is 79.9 Å². The van der Waals surface area contributed by atoms with E-state index in [0.717, 1.165) is 57.8 Å². The summed E-state index contributed by atoms with van der Waals surface area (Å²) in [7, 11) is 0. The molecule has 0 saturated heterocycles. The van der Waals surface area contributed by atoms with Crippen LogP contribution < -0.4 is 5.32 Å². The number of carbonyl (C=O) groups is 1. The van der Waals surface area contributed by atoms with Gasteiger partial charge in [0.2, 0.25) is 5.91 Å². The fourth-order valence-corrected chi connectivity index (χ4v) is 5.61. The third-order valence-corrected chi connectivity index (χ3v) is 8.70. The zero-order valence-electron chi connectivity index (χ0n) is 31.5. The summed E-state index contributed by atoms with van der Waals surface area (Å²) in [5, 5.41) is 22.8. The van der Waals surface area contributed by atoms with E-state index in [4.69, 9.17) is 0 Å². The first-order chi connectivity index (χ1) is 23.7. The van der Waals surface area contributed by atoms with E-state index in [1.54, 1.807) is 6.08 Å². The van der Waals surface area contributed by atoms with E-state index in [0.29, 0.717) is 6.42 Å². The van der Waals surface area contributed by atoms with E-state index >= 15 is 0 Å². The van der Waals surface area contributed by atoms with Crippen LogP contribution in [0.4, 0.5) is 0 Å². The molecule has 0 saturated carbocycles. The molecule has 0 aliphatic rings. The highest BCUT2D eigenvalue weighted by molar-refractivity contribution is 5.76. The number of unbranched alkanes of at least 4 members (excludes halogenated alkanes) is 18. The number of rotatable bonds is 35. The summed E-state index contributed by atoms with van der Waals surface area (Å²) in [6.45, 7) is 4.15. The van der Waals surface area contributed by atoms with E-state index in [9.17, 15) is 15.0 Å². The lowest BCUT2D eigenvalue weighted by atomic mass is 10.0. The Bertz CT molecular complexity index is 853. The number of aliphatic hydroxyl groups excluding tert-OH is 2. The van der Waals surface area contributed by atoms with Crippen LogP contribution in [-0.4, -0.2) is 34.9 Å². The van der Waals surface area contributed by atoms with Gasteiger partial charge in [-0.25, -0.2) is 0 Å². The van der Waals surface area contributed by atoms with Crippen LogP contribution in [0.5, 0.6) is 0 Å². The average molecular weight is 668 g/mol. The molecular weight excluding hydrogens is 590 g/mol. The lowest BCUT2D eigenvalue weighted by Crippen LogP contribution is -2.45. The summed E-state index contributed by atoms with van der Waals surface area (Å²) in [4.78, 5) is 12.3. The highest BCUT2D eigenvalue weighted by atomic mass is 16.3. The molecule has 4 nitrogen and oxygen atoms in total. The second-order valence-corrected chi connectivity index (χ2v) is 13.3. The van der Waals surface area contributed by atoms with Gasteiger partial charge in [-0.2, -0.15) is 0 Å². The average Bonchev–Trinajstić information content (AvgIpc) is 3.09. The van der Waals surface area contributed by atoms with Crippen LogP contribution in [-0.2, 0) is 4.79 Å². The van der Waals surface area contributed by atoms with Crippen LogP contribution in [0.3, 0.4) is 0 Å². The number of nitrogens with one attached hydrogen (secondary N) is 1. The van der Waals surface area contributed by atoms with Gasteiger partial charge in [0.05, 0.1) is 18.8 Å². The zero-order valence-corrected chi connectivity index (χ0v) is 31.5. The molecule has 0 bridgehead atoms. The fraction of sp³-hybridized carbons (Fsp3) is 0.705. The van der Waals surface area contributed by atoms with E-state index < -0.39 is 12.1 Å². The van der Waals surface area contributed by atoms with Gasteiger partial charge in [0.25, 0.3) is 0 Å². The first-order valence-corrected chi connectivity index (χ1v) is 20.2. The van der Waals surface area contributed by atoms with Crippen molar-refractivity contribution >= 4 is 5.91 Å². The lowest BCUT2D eigenvalue weighted by Gasteiger charge is -2.20. The minimum atomic E-state index is -0.840. The highest BCUT2D eigenvalue weighted by Gasteiger charge is 2.17. The number of amides is 1. The van der Waals surface area contributed by atoms with Crippen LogP contribution in [0, 0.1) is 0 Å². The number of carbonyl (C=O) groups excluding carboxylic acids is 1. The Balaban J connectivity index is 3.57. The second-order valence-electron chi connectivity index (χ2n) is 13.3. The van der Waals surface area contributed by atoms with Gasteiger partial charge in [0.15, 0.2) is 0 Å². The molecule has 0 radical (unpaired) electrons. The van der Waals surface area contributed by atoms with Crippen molar-refractivity contribution in [1.82, 2.24) is 5.32 Å². The van der Waals surface area contributed by atoms with E-state index in [-0.39, 0.29) is 12.5 Å². The largest absolute Gasteiger partial charge is 0.394 e. The maximum absolute atomic E-state index is 12.3. The molecule has 0 aliphatic heterocycles. The number of aliphatic hydroxyl groups is 2. The molecule has 0 heterocycles. The Hall–Kier alpha value is -2.17. The third-order valence-electron chi connectivity index (χ3n) is 8.70. The molecule has 0 aromatic heterocycles. The normalized spacial score (nSPS) is 13.8. The highest BCUT2D eigenvalue weighted by Crippen LogP contribution is 2.13. The smallest absolute Gasteiger partial charge is 0.220 e. The van der Waals surface area contributed by atoms with Crippen molar-refractivity contribution in [3.05, 3.63) is 72.9 Å². The molecule has 0 rings (SSSR count). The predicted octanol–water partition coefficient (Wildman–Crippen LogP) is 12.3. The topological polar surface area (TPSA) is 69.6 Å². The van der Waals surface area contributed by atoms with Gasteiger partial charge in [-0.1, -0.05) is 183 Å². The molecule has 3 N–H and O–H groups in total. The van der Waals surface area contributed by atoms with Crippen molar-refractivity contribution in [2.45, 2.75) is 193 Å². The van der Waals surface area contributed by atoms with Gasteiger partial charge in [-0.15, -0.1) is 0 Å². The predicted molar refractivity (Wildman–Crippen MR) is 211 cm³/mol. The third kappa shape index (κ3) is 35.1. The first-order valence-electron chi connectivity index (χ1n) is 20.2. The molecular formula is C44H77NO3. The summed E-state index contributed by atoms with van der Waals surface area (Å²) >= 11 is 0. The van der Waals surface area contributed by atoms with Crippen molar-refractivity contribution in [3.63, 3.8) is 0 Å². The summed E-state index contributed by atoms with van der Waals surface area (Å²) in [5.74, 6) is -0.0741. The van der Waals surface area contributed by atoms with Gasteiger partial charge in [0, 0.05) is 6.42 Å². The van der Waals surface area contributed by atoms with Crippen LogP contribution in [0.1, 0.15) is 181 Å². The fourth-order valence-electron chi connectivity index (χ4n) is 5.61. The summed E-state index contributed by atoms with van der Waals surface area (Å²) in [6.07, 6.45) is 55.7. The van der Waals surface area contributed by atoms with Crippen molar-refractivity contribution in [1.29, 1.82) is 0 Å². The van der Waals surface area contributed by atoms with Gasteiger partial charge < -0.3 is 15.5 Å². The van der Waals surface area contributed by atoms with Crippen molar-refractivity contribution in [2.24, 2.45) is 0 Å². The zero-order chi connectivity index (χ0) is 35.0. The van der Waals surface area contributed by atoms with Crippen molar-refractivity contribution in [3.8, 4) is 0 Å². The van der Waals surface area contributed by atoms with E-state index in [1.165, 1.54) is 103 Å². The van der Waals surface area contributed by atoms with Crippen molar-refractivity contribution in [2.75, 3.05) is 6.61 Å². The second kappa shape index (κ2) is 39.3. The Morgan fingerprint density at radius 2 is 0.917 bits per heavy atom. The SMILES string of the molecule is CC/C=C\C/C=C\C/C=C\C/C=C\C/C=C\CCCCCCCCCCCCCC(=O)NC(CO)C(O)/C=C/CCCCCCCCC. The molecule has 276 valence electrons. The Labute approximate surface area is 298 Å². The Morgan fingerprint density at radius 1 is 0.521 bits per heavy atom. The molecule has 1 amide bonds. The minimum absolute atomic E-state index is 0.0741. The minimum Gasteiger partial charge on any atom is -0.394 e. The van der Waals surface area contributed by atoms with Crippen LogP contribution >= 0.6 is 0 Å². The van der Waals surface area contributed by atoms with Crippen LogP contribution in [0.15, 0.2) is 72.9 Å². The summed E-state index contributed by atoms with van der Waals surface area (Å²) in [6, 6.07) is -0.624. The summed E-state index contributed by atoms with van der Waals surface area (Å²) < 4.78 is 0. The number of hydrogen-bond donors (Lipinski definition) is 3. The molecule has 0 fully saturated rings. The van der Waals surface area contributed by atoms with Crippen molar-refractivity contribution < 1.29 is 15.0 Å². The Morgan fingerprint density at radius 3 is 1.38 bits per heavy atom.